The first-order valence-electron chi connectivity index (χ1n) is 19.9. The van der Waals surface area contributed by atoms with E-state index in [2.05, 4.69) is 45.5 Å². The van der Waals surface area contributed by atoms with Gasteiger partial charge < -0.3 is 4.90 Å². The average molecular weight is 627 g/mol. The lowest BCUT2D eigenvalue weighted by Crippen LogP contribution is -2.42. The van der Waals surface area contributed by atoms with Crippen LogP contribution in [-0.2, 0) is 0 Å². The van der Waals surface area contributed by atoms with Crippen molar-refractivity contribution in [1.29, 1.82) is 0 Å². The molecule has 260 valence electrons. The summed E-state index contributed by atoms with van der Waals surface area (Å²) in [5.41, 5.74) is 0.214. The van der Waals surface area contributed by atoms with Gasteiger partial charge in [-0.05, 0) is 26.9 Å². The molecule has 0 aliphatic carbocycles. The summed E-state index contributed by atoms with van der Waals surface area (Å²) in [6.45, 7) is 8.91. The lowest BCUT2D eigenvalue weighted by molar-refractivity contribution is 0.171. The number of likely N-dealkylation sites (N-methyl/N-ethyl adjacent to an activating group) is 1. The Kier molecular flexibility index (Phi) is 38.2. The molecule has 0 atom stereocenters. The number of unbranched alkanes of at least 4 members (excludes halogenated alkanes) is 30. The van der Waals surface area contributed by atoms with E-state index in [0.717, 1.165) is 0 Å². The molecule has 0 spiro atoms. The van der Waals surface area contributed by atoms with Crippen LogP contribution in [0.3, 0.4) is 0 Å². The third-order valence-corrected chi connectivity index (χ3v) is 10.2. The molecule has 0 saturated heterocycles. The molecule has 0 aromatic heterocycles. The van der Waals surface area contributed by atoms with Gasteiger partial charge in [0.15, 0.2) is 0 Å². The molecule has 0 aromatic carbocycles. The summed E-state index contributed by atoms with van der Waals surface area (Å²) in [4.78, 5) is 2.47. The Morgan fingerprint density at radius 2 is 0.558 bits per heavy atom. The van der Waals surface area contributed by atoms with E-state index in [4.69, 9.17) is 0 Å². The molecule has 1 nitrogen and oxygen atoms in total. The maximum Gasteiger partial charge on any atom is 0.0382 e. The van der Waals surface area contributed by atoms with Crippen molar-refractivity contribution in [2.24, 2.45) is 0 Å². The van der Waals surface area contributed by atoms with Crippen LogP contribution in [0, 0.1) is 0 Å². The Bertz CT molecular complexity index is 480. The van der Waals surface area contributed by atoms with Crippen LogP contribution < -0.4 is 0 Å². The van der Waals surface area contributed by atoms with Crippen molar-refractivity contribution in [1.82, 2.24) is 4.90 Å². The fourth-order valence-electron chi connectivity index (χ4n) is 6.92. The van der Waals surface area contributed by atoms with Crippen molar-refractivity contribution < 1.29 is 0 Å². The molecule has 0 aliphatic heterocycles. The molecule has 0 saturated carbocycles. The van der Waals surface area contributed by atoms with Gasteiger partial charge in [0.25, 0.3) is 0 Å². The fourth-order valence-corrected chi connectivity index (χ4v) is 6.92. The summed E-state index contributed by atoms with van der Waals surface area (Å²) < 4.78 is 0. The lowest BCUT2D eigenvalue weighted by Gasteiger charge is -2.38. The highest BCUT2D eigenvalue weighted by Gasteiger charge is 2.27. The SMILES string of the molecule is C=CC(CCCCCCCCCCCCCCCCCC)(CCCCCCCCCCCCCCCCCC)N(C)C.Cl. The van der Waals surface area contributed by atoms with Gasteiger partial charge >= 0.3 is 0 Å². The molecule has 2 heteroatoms. The molecule has 0 unspecified atom stereocenters. The first kappa shape index (κ1) is 45.1. The molecule has 0 aromatic rings. The first-order valence-corrected chi connectivity index (χ1v) is 19.9. The number of hydrogen-bond acceptors (Lipinski definition) is 1. The highest BCUT2D eigenvalue weighted by atomic mass is 35.5. The molecule has 0 N–H and O–H groups in total. The van der Waals surface area contributed by atoms with Gasteiger partial charge in [-0.1, -0.05) is 225 Å². The molecular weight excluding hydrogens is 542 g/mol. The van der Waals surface area contributed by atoms with Crippen LogP contribution in [0.25, 0.3) is 0 Å². The number of rotatable bonds is 36. The summed E-state index contributed by atoms with van der Waals surface area (Å²) >= 11 is 0. The normalized spacial score (nSPS) is 11.7. The number of hydrogen-bond donors (Lipinski definition) is 0. The van der Waals surface area contributed by atoms with E-state index < -0.39 is 0 Å². The van der Waals surface area contributed by atoms with E-state index in [9.17, 15) is 0 Å². The van der Waals surface area contributed by atoms with Crippen LogP contribution in [0.4, 0.5) is 0 Å². The zero-order valence-corrected chi connectivity index (χ0v) is 31.5. The van der Waals surface area contributed by atoms with E-state index in [1.165, 1.54) is 218 Å². The number of halogens is 1. The molecular formula is C41H84ClN. The van der Waals surface area contributed by atoms with Crippen molar-refractivity contribution in [3.8, 4) is 0 Å². The van der Waals surface area contributed by atoms with E-state index in [1.54, 1.807) is 0 Å². The van der Waals surface area contributed by atoms with Gasteiger partial charge in [0, 0.05) is 5.54 Å². The zero-order chi connectivity index (χ0) is 30.8. The predicted octanol–water partition coefficient (Wildman–Crippen LogP) is 15.2. The van der Waals surface area contributed by atoms with Crippen molar-refractivity contribution in [2.75, 3.05) is 14.1 Å². The van der Waals surface area contributed by atoms with Crippen LogP contribution in [0.2, 0.25) is 0 Å². The summed E-state index contributed by atoms with van der Waals surface area (Å²) in [6, 6.07) is 0. The Hall–Kier alpha value is -0.0100. The van der Waals surface area contributed by atoms with Gasteiger partial charge in [-0.2, -0.15) is 0 Å². The van der Waals surface area contributed by atoms with Gasteiger partial charge in [0.1, 0.15) is 0 Å². The van der Waals surface area contributed by atoms with Crippen LogP contribution in [0.15, 0.2) is 12.7 Å². The second-order valence-electron chi connectivity index (χ2n) is 14.3. The molecule has 0 radical (unpaired) electrons. The van der Waals surface area contributed by atoms with Crippen LogP contribution in [0.5, 0.6) is 0 Å². The monoisotopic (exact) mass is 626 g/mol. The maximum absolute atomic E-state index is 4.30. The van der Waals surface area contributed by atoms with Crippen molar-refractivity contribution in [2.45, 2.75) is 238 Å². The average Bonchev–Trinajstić information content (AvgIpc) is 2.99. The van der Waals surface area contributed by atoms with Crippen LogP contribution in [0.1, 0.15) is 232 Å². The molecule has 0 bridgehead atoms. The minimum atomic E-state index is 0. The van der Waals surface area contributed by atoms with Gasteiger partial charge in [-0.3, -0.25) is 0 Å². The minimum absolute atomic E-state index is 0. The second kappa shape index (κ2) is 36.5. The van der Waals surface area contributed by atoms with Gasteiger partial charge in [-0.15, -0.1) is 19.0 Å². The van der Waals surface area contributed by atoms with Crippen LogP contribution >= 0.6 is 12.4 Å². The summed E-state index contributed by atoms with van der Waals surface area (Å²) in [6.07, 6.45) is 51.1. The maximum atomic E-state index is 4.30. The molecule has 0 aliphatic rings. The highest BCUT2D eigenvalue weighted by Crippen LogP contribution is 2.29. The Labute approximate surface area is 281 Å². The van der Waals surface area contributed by atoms with E-state index in [-0.39, 0.29) is 17.9 Å². The lowest BCUT2D eigenvalue weighted by atomic mass is 9.85. The van der Waals surface area contributed by atoms with Gasteiger partial charge in [0.05, 0.1) is 0 Å². The molecule has 43 heavy (non-hydrogen) atoms. The largest absolute Gasteiger partial charge is 0.300 e. The van der Waals surface area contributed by atoms with Crippen LogP contribution in [-0.4, -0.2) is 24.5 Å². The first-order chi connectivity index (χ1) is 20.6. The Morgan fingerprint density at radius 3 is 0.721 bits per heavy atom. The third-order valence-electron chi connectivity index (χ3n) is 10.2. The Balaban J connectivity index is 0. The molecule has 0 amide bonds. The van der Waals surface area contributed by atoms with Gasteiger partial charge in [-0.25, -0.2) is 0 Å². The summed E-state index contributed by atoms with van der Waals surface area (Å²) in [5, 5.41) is 0. The smallest absolute Gasteiger partial charge is 0.0382 e. The number of nitrogens with zero attached hydrogens (tertiary/aromatic N) is 1. The van der Waals surface area contributed by atoms with Crippen molar-refractivity contribution in [3.05, 3.63) is 12.7 Å². The highest BCUT2D eigenvalue weighted by molar-refractivity contribution is 5.85. The van der Waals surface area contributed by atoms with Gasteiger partial charge in [0.2, 0.25) is 0 Å². The quantitative estimate of drug-likeness (QED) is 0.0494. The fraction of sp³-hybridized carbons (Fsp3) is 0.951. The van der Waals surface area contributed by atoms with E-state index in [1.807, 2.05) is 0 Å². The predicted molar refractivity (Wildman–Crippen MR) is 202 cm³/mol. The summed E-state index contributed by atoms with van der Waals surface area (Å²) in [7, 11) is 4.56. The van der Waals surface area contributed by atoms with E-state index in [0.29, 0.717) is 0 Å². The second-order valence-corrected chi connectivity index (χ2v) is 14.3. The standard InChI is InChI=1S/C41H83N.ClH/c1-6-9-11-13-15-17-19-21-23-25-27-29-31-33-35-37-39-41(8-3,42(4)5)40-38-36-34-32-30-28-26-24-22-20-18-16-14-12-10-7-2;/h8H,3,6-7,9-40H2,1-2,4-5H3;1H. The zero-order valence-electron chi connectivity index (χ0n) is 30.7. The van der Waals surface area contributed by atoms with Crippen molar-refractivity contribution >= 4 is 12.4 Å². The minimum Gasteiger partial charge on any atom is -0.300 e. The van der Waals surface area contributed by atoms with Crippen molar-refractivity contribution in [3.63, 3.8) is 0 Å². The van der Waals surface area contributed by atoms with E-state index >= 15 is 0 Å². The summed E-state index contributed by atoms with van der Waals surface area (Å²) in [5.74, 6) is 0. The third kappa shape index (κ3) is 30.4. The molecule has 0 heterocycles. The topological polar surface area (TPSA) is 3.24 Å². The Morgan fingerprint density at radius 1 is 0.372 bits per heavy atom. The molecule has 0 fully saturated rings. The molecule has 0 rings (SSSR count).